The normalized spacial score (nSPS) is 14.6. The zero-order valence-electron chi connectivity index (χ0n) is 9.40. The third-order valence-electron chi connectivity index (χ3n) is 2.56. The molecule has 1 aliphatic rings. The van der Waals surface area contributed by atoms with Crippen LogP contribution in [0, 0.1) is 5.92 Å². The maximum Gasteiger partial charge on any atom is 0.246 e. The molecule has 86 valence electrons. The first-order chi connectivity index (χ1) is 7.74. The second kappa shape index (κ2) is 4.47. The van der Waals surface area contributed by atoms with Gasteiger partial charge in [0.1, 0.15) is 0 Å². The van der Waals surface area contributed by atoms with Gasteiger partial charge < -0.3 is 9.47 Å². The van der Waals surface area contributed by atoms with Gasteiger partial charge in [-0.25, -0.2) is 4.98 Å². The van der Waals surface area contributed by atoms with Crippen LogP contribution in [-0.2, 0) is 0 Å². The molecule has 0 unspecified atom stereocenters. The zero-order valence-corrected chi connectivity index (χ0v) is 9.40. The Bertz CT molecular complexity index is 402. The number of rotatable bonds is 5. The summed E-state index contributed by atoms with van der Waals surface area (Å²) in [6.45, 7) is 0. The molecule has 5 heteroatoms. The molecule has 1 heterocycles. The summed E-state index contributed by atoms with van der Waals surface area (Å²) in [5, 5.41) is 0. The van der Waals surface area contributed by atoms with Gasteiger partial charge in [0.15, 0.2) is 11.5 Å². The van der Waals surface area contributed by atoms with Crippen molar-refractivity contribution in [2.45, 2.75) is 19.3 Å². The molecular weight excluding hydrogens is 208 g/mol. The van der Waals surface area contributed by atoms with Gasteiger partial charge in [0.05, 0.1) is 20.4 Å². The van der Waals surface area contributed by atoms with Crippen molar-refractivity contribution >= 4 is 5.78 Å². The molecular formula is C11H14N2O3. The van der Waals surface area contributed by atoms with E-state index >= 15 is 0 Å². The molecule has 1 fully saturated rings. The van der Waals surface area contributed by atoms with Crippen molar-refractivity contribution in [1.82, 2.24) is 9.97 Å². The molecule has 0 N–H and O–H groups in total. The lowest BCUT2D eigenvalue weighted by molar-refractivity contribution is 0.0967. The van der Waals surface area contributed by atoms with Crippen LogP contribution in [0.15, 0.2) is 6.20 Å². The van der Waals surface area contributed by atoms with Crippen LogP contribution < -0.4 is 9.47 Å². The number of hydrogen-bond acceptors (Lipinski definition) is 5. The number of methoxy groups -OCH3 is 2. The smallest absolute Gasteiger partial charge is 0.246 e. The Morgan fingerprint density at radius 3 is 2.75 bits per heavy atom. The van der Waals surface area contributed by atoms with Gasteiger partial charge in [-0.1, -0.05) is 0 Å². The van der Waals surface area contributed by atoms with Gasteiger partial charge in [0.2, 0.25) is 11.8 Å². The number of aromatic nitrogens is 2. The quantitative estimate of drug-likeness (QED) is 0.706. The Balaban J connectivity index is 2.20. The van der Waals surface area contributed by atoms with Crippen molar-refractivity contribution in [3.05, 3.63) is 11.9 Å². The first-order valence-corrected chi connectivity index (χ1v) is 5.22. The number of carbonyl (C=O) groups is 1. The number of nitrogens with zero attached hydrogens (tertiary/aromatic N) is 2. The van der Waals surface area contributed by atoms with Crippen LogP contribution in [0.1, 0.15) is 29.8 Å². The van der Waals surface area contributed by atoms with Crippen molar-refractivity contribution in [1.29, 1.82) is 0 Å². The van der Waals surface area contributed by atoms with Gasteiger partial charge in [-0.3, -0.25) is 4.79 Å². The Hall–Kier alpha value is -1.65. The summed E-state index contributed by atoms with van der Waals surface area (Å²) in [6.07, 6.45) is 4.25. The standard InChI is InChI=1S/C11H14N2O3/c1-15-9-6-12-10(11(13-9)16-2)8(14)5-7-3-4-7/h6-7H,3-5H2,1-2H3. The third kappa shape index (κ3) is 2.29. The van der Waals surface area contributed by atoms with E-state index in [9.17, 15) is 4.79 Å². The van der Waals surface area contributed by atoms with E-state index in [2.05, 4.69) is 9.97 Å². The second-order valence-electron chi connectivity index (χ2n) is 3.84. The summed E-state index contributed by atoms with van der Waals surface area (Å²) >= 11 is 0. The minimum absolute atomic E-state index is 0.00509. The fourth-order valence-electron chi connectivity index (χ4n) is 1.47. The van der Waals surface area contributed by atoms with E-state index in [0.717, 1.165) is 12.8 Å². The topological polar surface area (TPSA) is 61.3 Å². The average Bonchev–Trinajstić information content (AvgIpc) is 3.11. The van der Waals surface area contributed by atoms with Gasteiger partial charge in [0, 0.05) is 6.42 Å². The van der Waals surface area contributed by atoms with Gasteiger partial charge in [-0.15, -0.1) is 0 Å². The van der Waals surface area contributed by atoms with E-state index in [1.165, 1.54) is 20.4 Å². The first-order valence-electron chi connectivity index (χ1n) is 5.22. The molecule has 0 aromatic carbocycles. The molecule has 16 heavy (non-hydrogen) atoms. The third-order valence-corrected chi connectivity index (χ3v) is 2.56. The number of ketones is 1. The second-order valence-corrected chi connectivity index (χ2v) is 3.84. The van der Waals surface area contributed by atoms with E-state index in [-0.39, 0.29) is 11.7 Å². The van der Waals surface area contributed by atoms with Gasteiger partial charge in [0.25, 0.3) is 0 Å². The summed E-state index contributed by atoms with van der Waals surface area (Å²) in [7, 11) is 2.96. The number of Topliss-reactive ketones (excluding diaryl/α,β-unsaturated/α-hetero) is 1. The van der Waals surface area contributed by atoms with Crippen molar-refractivity contribution in [2.24, 2.45) is 5.92 Å². The predicted octanol–water partition coefficient (Wildman–Crippen LogP) is 1.48. The Morgan fingerprint density at radius 2 is 2.19 bits per heavy atom. The fraction of sp³-hybridized carbons (Fsp3) is 0.545. The van der Waals surface area contributed by atoms with Crippen LogP contribution in [0.25, 0.3) is 0 Å². The summed E-state index contributed by atoms with van der Waals surface area (Å²) < 4.78 is 9.96. The van der Waals surface area contributed by atoms with E-state index in [0.29, 0.717) is 23.9 Å². The highest BCUT2D eigenvalue weighted by Crippen LogP contribution is 2.34. The fourth-order valence-corrected chi connectivity index (χ4v) is 1.47. The minimum atomic E-state index is -0.00509. The zero-order chi connectivity index (χ0) is 11.5. The number of ether oxygens (including phenoxy) is 2. The first kappa shape index (κ1) is 10.9. The van der Waals surface area contributed by atoms with E-state index < -0.39 is 0 Å². The lowest BCUT2D eigenvalue weighted by Gasteiger charge is -2.06. The van der Waals surface area contributed by atoms with Crippen LogP contribution >= 0.6 is 0 Å². The van der Waals surface area contributed by atoms with Crippen LogP contribution in [0.3, 0.4) is 0 Å². The highest BCUT2D eigenvalue weighted by molar-refractivity contribution is 5.96. The van der Waals surface area contributed by atoms with Gasteiger partial charge in [-0.2, -0.15) is 4.98 Å². The van der Waals surface area contributed by atoms with Crippen molar-refractivity contribution < 1.29 is 14.3 Å². The van der Waals surface area contributed by atoms with Crippen LogP contribution in [0.4, 0.5) is 0 Å². The van der Waals surface area contributed by atoms with Crippen molar-refractivity contribution in [3.63, 3.8) is 0 Å². The van der Waals surface area contributed by atoms with E-state index in [4.69, 9.17) is 9.47 Å². The van der Waals surface area contributed by atoms with Crippen LogP contribution in [0.5, 0.6) is 11.8 Å². The van der Waals surface area contributed by atoms with Crippen LogP contribution in [-0.4, -0.2) is 30.0 Å². The Labute approximate surface area is 93.8 Å². The maximum absolute atomic E-state index is 11.9. The molecule has 0 aliphatic heterocycles. The molecule has 0 amide bonds. The molecule has 0 radical (unpaired) electrons. The molecule has 1 aromatic rings. The molecule has 1 aromatic heterocycles. The van der Waals surface area contributed by atoms with Gasteiger partial charge in [-0.05, 0) is 18.8 Å². The molecule has 0 saturated heterocycles. The minimum Gasteiger partial charge on any atom is -0.480 e. The maximum atomic E-state index is 11.9. The SMILES string of the molecule is COc1cnc(C(=O)CC2CC2)c(OC)n1. The molecule has 1 aliphatic carbocycles. The predicted molar refractivity (Wildman–Crippen MR) is 56.8 cm³/mol. The lowest BCUT2D eigenvalue weighted by Crippen LogP contribution is -2.08. The highest BCUT2D eigenvalue weighted by atomic mass is 16.5. The van der Waals surface area contributed by atoms with Crippen LogP contribution in [0.2, 0.25) is 0 Å². The van der Waals surface area contributed by atoms with Crippen molar-refractivity contribution in [2.75, 3.05) is 14.2 Å². The molecule has 0 atom stereocenters. The summed E-state index contributed by atoms with van der Waals surface area (Å²) in [5.74, 6) is 1.11. The molecule has 5 nitrogen and oxygen atoms in total. The van der Waals surface area contributed by atoms with E-state index in [1.54, 1.807) is 0 Å². The Morgan fingerprint density at radius 1 is 1.44 bits per heavy atom. The summed E-state index contributed by atoms with van der Waals surface area (Å²) in [4.78, 5) is 19.9. The number of carbonyl (C=O) groups excluding carboxylic acids is 1. The van der Waals surface area contributed by atoms with Gasteiger partial charge >= 0.3 is 0 Å². The monoisotopic (exact) mass is 222 g/mol. The summed E-state index contributed by atoms with van der Waals surface area (Å²) in [5.41, 5.74) is 0.301. The average molecular weight is 222 g/mol. The largest absolute Gasteiger partial charge is 0.480 e. The van der Waals surface area contributed by atoms with Crippen molar-refractivity contribution in [3.8, 4) is 11.8 Å². The lowest BCUT2D eigenvalue weighted by atomic mass is 10.1. The van der Waals surface area contributed by atoms with E-state index in [1.807, 2.05) is 0 Å². The highest BCUT2D eigenvalue weighted by Gasteiger charge is 2.27. The molecule has 2 rings (SSSR count). The molecule has 0 bridgehead atoms. The summed E-state index contributed by atoms with van der Waals surface area (Å²) in [6, 6.07) is 0. The Kier molecular flexibility index (Phi) is 3.03. The number of hydrogen-bond donors (Lipinski definition) is 0. The molecule has 0 spiro atoms. The molecule has 1 saturated carbocycles.